The van der Waals surface area contributed by atoms with Gasteiger partial charge in [-0.1, -0.05) is 48.5 Å². The average molecular weight is 509 g/mol. The fraction of sp³-hybridized carbons (Fsp3) is 0.375. The summed E-state index contributed by atoms with van der Waals surface area (Å²) in [4.78, 5) is 14.0. The summed E-state index contributed by atoms with van der Waals surface area (Å²) in [6.45, 7) is 4.58. The molecule has 6 nitrogen and oxygen atoms in total. The molecule has 196 valence electrons. The topological polar surface area (TPSA) is 88.4 Å². The molecular weight excluding hydrogens is 472 g/mol. The molecule has 1 heterocycles. The molecule has 0 radical (unpaired) electrons. The van der Waals surface area contributed by atoms with E-state index in [4.69, 9.17) is 10.5 Å². The lowest BCUT2D eigenvalue weighted by Gasteiger charge is -2.32. The molecule has 5 rings (SSSR count). The van der Waals surface area contributed by atoms with Gasteiger partial charge in [-0.2, -0.15) is 5.26 Å². The Labute approximate surface area is 225 Å². The molecule has 2 fully saturated rings. The van der Waals surface area contributed by atoms with Crippen LogP contribution in [0.25, 0.3) is 11.1 Å². The van der Waals surface area contributed by atoms with Crippen molar-refractivity contribution in [3.8, 4) is 17.2 Å². The fourth-order valence-corrected chi connectivity index (χ4v) is 5.58. The Hall–Kier alpha value is -3.50. The third-order valence-corrected chi connectivity index (χ3v) is 8.11. The first-order valence-electron chi connectivity index (χ1n) is 13.7. The lowest BCUT2D eigenvalue weighted by Crippen LogP contribution is -2.38. The number of aryl methyl sites for hydroxylation is 1. The standard InChI is InChI=1S/C32H36N4O2/c33-21-24-5-7-26(8-6-24)27-11-13-28(14-12-27)30-20-31(30)34-22-25-15-18-36(19-16-25)17-1-2-23-3-9-29(10-4-23)32(37)35-38/h3-14,25,30-31,34,38H,1-2,15-20,22H2,(H,35,37). The van der Waals surface area contributed by atoms with Gasteiger partial charge in [0.15, 0.2) is 0 Å². The van der Waals surface area contributed by atoms with Crippen LogP contribution in [0.1, 0.15) is 58.6 Å². The molecule has 3 N–H and O–H groups in total. The molecule has 1 saturated carbocycles. The Bertz CT molecular complexity index is 1240. The molecule has 2 aliphatic rings. The van der Waals surface area contributed by atoms with Crippen LogP contribution < -0.4 is 10.8 Å². The number of likely N-dealkylation sites (tertiary alicyclic amines) is 1. The first kappa shape index (κ1) is 26.1. The zero-order chi connectivity index (χ0) is 26.3. The van der Waals surface area contributed by atoms with Crippen molar-refractivity contribution >= 4 is 5.91 Å². The molecule has 0 spiro atoms. The molecular formula is C32H36N4O2. The van der Waals surface area contributed by atoms with E-state index in [0.29, 0.717) is 23.1 Å². The van der Waals surface area contributed by atoms with Gasteiger partial charge in [0.05, 0.1) is 11.6 Å². The number of hydroxylamine groups is 1. The minimum atomic E-state index is -0.471. The molecule has 1 aliphatic carbocycles. The largest absolute Gasteiger partial charge is 0.313 e. The van der Waals surface area contributed by atoms with Crippen molar-refractivity contribution < 1.29 is 10.0 Å². The number of nitrogens with zero attached hydrogens (tertiary/aromatic N) is 2. The number of hydrogen-bond donors (Lipinski definition) is 3. The van der Waals surface area contributed by atoms with Crippen LogP contribution in [0.5, 0.6) is 0 Å². The summed E-state index contributed by atoms with van der Waals surface area (Å²) >= 11 is 0. The van der Waals surface area contributed by atoms with Crippen molar-refractivity contribution in [1.82, 2.24) is 15.7 Å². The van der Waals surface area contributed by atoms with Gasteiger partial charge in [0, 0.05) is 17.5 Å². The van der Waals surface area contributed by atoms with Crippen molar-refractivity contribution in [3.05, 3.63) is 95.1 Å². The van der Waals surface area contributed by atoms with Gasteiger partial charge in [0.1, 0.15) is 0 Å². The van der Waals surface area contributed by atoms with Gasteiger partial charge in [0.25, 0.3) is 5.91 Å². The highest BCUT2D eigenvalue weighted by Crippen LogP contribution is 2.41. The number of rotatable bonds is 10. The number of carbonyl (C=O) groups excluding carboxylic acids is 1. The van der Waals surface area contributed by atoms with Gasteiger partial charge < -0.3 is 10.2 Å². The lowest BCUT2D eigenvalue weighted by molar-refractivity contribution is 0.0706. The van der Waals surface area contributed by atoms with E-state index in [2.05, 4.69) is 40.6 Å². The number of carbonyl (C=O) groups is 1. The van der Waals surface area contributed by atoms with Gasteiger partial charge in [-0.05, 0) is 111 Å². The maximum atomic E-state index is 11.4. The number of piperidine rings is 1. The Morgan fingerprint density at radius 2 is 1.61 bits per heavy atom. The molecule has 1 saturated heterocycles. The van der Waals surface area contributed by atoms with E-state index < -0.39 is 5.91 Å². The zero-order valence-electron chi connectivity index (χ0n) is 21.8. The van der Waals surface area contributed by atoms with E-state index in [9.17, 15) is 4.79 Å². The van der Waals surface area contributed by atoms with E-state index >= 15 is 0 Å². The van der Waals surface area contributed by atoms with Gasteiger partial charge in [-0.3, -0.25) is 10.0 Å². The highest BCUT2D eigenvalue weighted by atomic mass is 16.5. The number of hydrogen-bond acceptors (Lipinski definition) is 5. The SMILES string of the molecule is N#Cc1ccc(-c2ccc(C3CC3NCC3CCN(CCCc4ccc(C(=O)NO)cc4)CC3)cc2)cc1. The van der Waals surface area contributed by atoms with E-state index in [0.717, 1.165) is 37.4 Å². The maximum Gasteiger partial charge on any atom is 0.274 e. The lowest BCUT2D eigenvalue weighted by atomic mass is 9.96. The van der Waals surface area contributed by atoms with E-state index in [1.165, 1.54) is 49.0 Å². The minimum absolute atomic E-state index is 0.471. The normalized spacial score (nSPS) is 19.6. The Morgan fingerprint density at radius 3 is 2.24 bits per heavy atom. The predicted molar refractivity (Wildman–Crippen MR) is 149 cm³/mol. The summed E-state index contributed by atoms with van der Waals surface area (Å²) in [7, 11) is 0. The minimum Gasteiger partial charge on any atom is -0.313 e. The zero-order valence-corrected chi connectivity index (χ0v) is 21.8. The number of nitriles is 1. The highest BCUT2D eigenvalue weighted by molar-refractivity contribution is 5.93. The van der Waals surface area contributed by atoms with Crippen LogP contribution >= 0.6 is 0 Å². The first-order valence-corrected chi connectivity index (χ1v) is 13.7. The van der Waals surface area contributed by atoms with E-state index in [1.54, 1.807) is 17.6 Å². The molecule has 3 aromatic rings. The van der Waals surface area contributed by atoms with Crippen LogP contribution in [0.4, 0.5) is 0 Å². The summed E-state index contributed by atoms with van der Waals surface area (Å²) in [5, 5.41) is 21.5. The molecule has 1 aliphatic heterocycles. The third kappa shape index (κ3) is 6.68. The summed E-state index contributed by atoms with van der Waals surface area (Å²) in [5.74, 6) is 0.912. The molecule has 2 atom stereocenters. The van der Waals surface area contributed by atoms with Crippen LogP contribution in [-0.4, -0.2) is 48.2 Å². The molecule has 2 unspecified atom stereocenters. The quantitative estimate of drug-likeness (QED) is 0.261. The Morgan fingerprint density at radius 1 is 0.947 bits per heavy atom. The second kappa shape index (κ2) is 12.4. The molecule has 0 bridgehead atoms. The molecule has 6 heteroatoms. The highest BCUT2D eigenvalue weighted by Gasteiger charge is 2.38. The summed E-state index contributed by atoms with van der Waals surface area (Å²) in [5.41, 5.74) is 7.82. The summed E-state index contributed by atoms with van der Waals surface area (Å²) in [6, 6.07) is 26.9. The van der Waals surface area contributed by atoms with Crippen molar-refractivity contribution in [1.29, 1.82) is 5.26 Å². The molecule has 38 heavy (non-hydrogen) atoms. The number of benzene rings is 3. The van der Waals surface area contributed by atoms with Crippen LogP contribution in [-0.2, 0) is 6.42 Å². The monoisotopic (exact) mass is 508 g/mol. The van der Waals surface area contributed by atoms with Crippen LogP contribution in [0.15, 0.2) is 72.8 Å². The second-order valence-corrected chi connectivity index (χ2v) is 10.7. The Kier molecular flexibility index (Phi) is 8.50. The average Bonchev–Trinajstić information content (AvgIpc) is 3.76. The molecule has 3 aromatic carbocycles. The fourth-order valence-electron chi connectivity index (χ4n) is 5.58. The maximum absolute atomic E-state index is 11.4. The molecule has 1 amide bonds. The Balaban J connectivity index is 0.979. The van der Waals surface area contributed by atoms with E-state index in [1.807, 2.05) is 36.4 Å². The van der Waals surface area contributed by atoms with Crippen LogP contribution in [0.2, 0.25) is 0 Å². The second-order valence-electron chi connectivity index (χ2n) is 10.7. The van der Waals surface area contributed by atoms with Gasteiger partial charge in [0.2, 0.25) is 0 Å². The van der Waals surface area contributed by atoms with Gasteiger partial charge >= 0.3 is 0 Å². The van der Waals surface area contributed by atoms with E-state index in [-0.39, 0.29) is 0 Å². The number of nitrogens with one attached hydrogen (secondary N) is 2. The third-order valence-electron chi connectivity index (χ3n) is 8.11. The van der Waals surface area contributed by atoms with Gasteiger partial charge in [-0.15, -0.1) is 0 Å². The first-order chi connectivity index (χ1) is 18.6. The summed E-state index contributed by atoms with van der Waals surface area (Å²) < 4.78 is 0. The van der Waals surface area contributed by atoms with Gasteiger partial charge in [-0.25, -0.2) is 5.48 Å². The van der Waals surface area contributed by atoms with Crippen molar-refractivity contribution in [3.63, 3.8) is 0 Å². The van der Waals surface area contributed by atoms with Crippen molar-refractivity contribution in [2.45, 2.75) is 44.1 Å². The number of amides is 1. The predicted octanol–water partition coefficient (Wildman–Crippen LogP) is 5.13. The van der Waals surface area contributed by atoms with Crippen molar-refractivity contribution in [2.75, 3.05) is 26.2 Å². The van der Waals surface area contributed by atoms with Crippen LogP contribution in [0.3, 0.4) is 0 Å². The smallest absolute Gasteiger partial charge is 0.274 e. The van der Waals surface area contributed by atoms with Crippen molar-refractivity contribution in [2.24, 2.45) is 5.92 Å². The molecule has 0 aromatic heterocycles. The summed E-state index contributed by atoms with van der Waals surface area (Å²) in [6.07, 6.45) is 5.85. The van der Waals surface area contributed by atoms with Crippen LogP contribution in [0, 0.1) is 17.2 Å².